The van der Waals surface area contributed by atoms with Gasteiger partial charge in [0.2, 0.25) is 0 Å². The van der Waals surface area contributed by atoms with Gasteiger partial charge in [0.25, 0.3) is 0 Å². The lowest BCUT2D eigenvalue weighted by molar-refractivity contribution is 0.123. The molecule has 0 amide bonds. The zero-order valence-electron chi connectivity index (χ0n) is 12.2. The fourth-order valence-corrected chi connectivity index (χ4v) is 3.00. The standard InChI is InChI=1S/C14H31N3/c1-5-7-14(3,11-15)12-17-9-6-8-16(4)10-13(17)2/h13H,5-12,15H2,1-4H3. The van der Waals surface area contributed by atoms with Crippen LogP contribution in [0.1, 0.15) is 40.0 Å². The molecule has 3 nitrogen and oxygen atoms in total. The van der Waals surface area contributed by atoms with E-state index in [0.29, 0.717) is 11.5 Å². The SMILES string of the molecule is CCCC(C)(CN)CN1CCCN(C)CC1C. The second-order valence-electron chi connectivity index (χ2n) is 6.20. The minimum atomic E-state index is 0.298. The van der Waals surface area contributed by atoms with Crippen LogP contribution in [0.15, 0.2) is 0 Å². The number of nitrogens with zero attached hydrogens (tertiary/aromatic N) is 2. The molecule has 2 unspecified atom stereocenters. The van der Waals surface area contributed by atoms with Gasteiger partial charge in [0.15, 0.2) is 0 Å². The maximum absolute atomic E-state index is 5.98. The van der Waals surface area contributed by atoms with Gasteiger partial charge in [-0.2, -0.15) is 0 Å². The highest BCUT2D eigenvalue weighted by atomic mass is 15.2. The molecule has 0 aliphatic carbocycles. The van der Waals surface area contributed by atoms with Gasteiger partial charge in [-0.25, -0.2) is 0 Å². The van der Waals surface area contributed by atoms with Crippen LogP contribution in [0.4, 0.5) is 0 Å². The summed E-state index contributed by atoms with van der Waals surface area (Å²) < 4.78 is 0. The largest absolute Gasteiger partial charge is 0.330 e. The molecule has 1 aliphatic heterocycles. The topological polar surface area (TPSA) is 32.5 Å². The predicted molar refractivity (Wildman–Crippen MR) is 75.2 cm³/mol. The van der Waals surface area contributed by atoms with E-state index in [1.165, 1.54) is 38.9 Å². The average Bonchev–Trinajstić information content (AvgIpc) is 2.41. The molecule has 0 aromatic carbocycles. The summed E-state index contributed by atoms with van der Waals surface area (Å²) in [6.07, 6.45) is 3.76. The summed E-state index contributed by atoms with van der Waals surface area (Å²) >= 11 is 0. The van der Waals surface area contributed by atoms with Crippen LogP contribution in [0.5, 0.6) is 0 Å². The normalized spacial score (nSPS) is 27.7. The Hall–Kier alpha value is -0.120. The number of rotatable bonds is 5. The second-order valence-corrected chi connectivity index (χ2v) is 6.20. The van der Waals surface area contributed by atoms with Crippen LogP contribution < -0.4 is 5.73 Å². The van der Waals surface area contributed by atoms with Crippen molar-refractivity contribution in [1.82, 2.24) is 9.80 Å². The zero-order valence-corrected chi connectivity index (χ0v) is 12.2. The van der Waals surface area contributed by atoms with Gasteiger partial charge in [0.1, 0.15) is 0 Å². The Bertz CT molecular complexity index is 220. The molecule has 2 N–H and O–H groups in total. The molecule has 0 bridgehead atoms. The maximum Gasteiger partial charge on any atom is 0.0195 e. The van der Waals surface area contributed by atoms with Crippen LogP contribution in [0, 0.1) is 5.41 Å². The first kappa shape index (κ1) is 14.9. The van der Waals surface area contributed by atoms with Crippen LogP contribution >= 0.6 is 0 Å². The molecule has 1 aliphatic rings. The molecule has 1 heterocycles. The molecule has 1 fully saturated rings. The van der Waals surface area contributed by atoms with Gasteiger partial charge in [0, 0.05) is 19.1 Å². The minimum Gasteiger partial charge on any atom is -0.330 e. The summed E-state index contributed by atoms with van der Waals surface area (Å²) in [5, 5.41) is 0. The lowest BCUT2D eigenvalue weighted by Crippen LogP contribution is -2.46. The van der Waals surface area contributed by atoms with E-state index in [0.717, 1.165) is 13.1 Å². The number of likely N-dealkylation sites (N-methyl/N-ethyl adjacent to an activating group) is 1. The fraction of sp³-hybridized carbons (Fsp3) is 1.00. The van der Waals surface area contributed by atoms with Crippen molar-refractivity contribution in [3.8, 4) is 0 Å². The maximum atomic E-state index is 5.98. The molecule has 1 rings (SSSR count). The summed E-state index contributed by atoms with van der Waals surface area (Å²) in [6, 6.07) is 0.658. The first-order chi connectivity index (χ1) is 8.00. The molecule has 0 spiro atoms. The smallest absolute Gasteiger partial charge is 0.0195 e. The van der Waals surface area contributed by atoms with E-state index in [1.807, 2.05) is 0 Å². The second kappa shape index (κ2) is 6.72. The molecule has 0 aromatic rings. The Kier molecular flexibility index (Phi) is 5.90. The fourth-order valence-electron chi connectivity index (χ4n) is 3.00. The van der Waals surface area contributed by atoms with E-state index < -0.39 is 0 Å². The first-order valence-corrected chi connectivity index (χ1v) is 7.13. The monoisotopic (exact) mass is 241 g/mol. The van der Waals surface area contributed by atoms with Crippen molar-refractivity contribution in [2.75, 3.05) is 39.8 Å². The van der Waals surface area contributed by atoms with Crippen molar-refractivity contribution in [3.63, 3.8) is 0 Å². The molecule has 1 saturated heterocycles. The van der Waals surface area contributed by atoms with Crippen LogP contribution in [0.2, 0.25) is 0 Å². The third kappa shape index (κ3) is 4.57. The van der Waals surface area contributed by atoms with Gasteiger partial charge in [-0.1, -0.05) is 20.3 Å². The number of nitrogens with two attached hydrogens (primary N) is 1. The molecular weight excluding hydrogens is 210 g/mol. The molecule has 3 heteroatoms. The van der Waals surface area contributed by atoms with Crippen molar-refractivity contribution in [3.05, 3.63) is 0 Å². The predicted octanol–water partition coefficient (Wildman–Crippen LogP) is 1.78. The highest BCUT2D eigenvalue weighted by Crippen LogP contribution is 2.25. The number of hydrogen-bond donors (Lipinski definition) is 1. The number of hydrogen-bond acceptors (Lipinski definition) is 3. The third-order valence-electron chi connectivity index (χ3n) is 4.12. The summed E-state index contributed by atoms with van der Waals surface area (Å²) in [5.41, 5.74) is 6.28. The highest BCUT2D eigenvalue weighted by molar-refractivity contribution is 4.84. The summed E-state index contributed by atoms with van der Waals surface area (Å²) in [5.74, 6) is 0. The van der Waals surface area contributed by atoms with E-state index in [2.05, 4.69) is 37.6 Å². The average molecular weight is 241 g/mol. The summed E-state index contributed by atoms with van der Waals surface area (Å²) in [4.78, 5) is 5.09. The van der Waals surface area contributed by atoms with Crippen molar-refractivity contribution < 1.29 is 0 Å². The van der Waals surface area contributed by atoms with Gasteiger partial charge < -0.3 is 10.6 Å². The molecule has 2 atom stereocenters. The lowest BCUT2D eigenvalue weighted by Gasteiger charge is -2.37. The van der Waals surface area contributed by atoms with Crippen molar-refractivity contribution in [2.24, 2.45) is 11.1 Å². The van der Waals surface area contributed by atoms with Crippen LogP contribution in [0.3, 0.4) is 0 Å². The van der Waals surface area contributed by atoms with E-state index in [1.54, 1.807) is 0 Å². The van der Waals surface area contributed by atoms with Crippen LogP contribution in [-0.2, 0) is 0 Å². The highest BCUT2D eigenvalue weighted by Gasteiger charge is 2.28. The third-order valence-corrected chi connectivity index (χ3v) is 4.12. The van der Waals surface area contributed by atoms with E-state index in [4.69, 9.17) is 5.73 Å². The van der Waals surface area contributed by atoms with Gasteiger partial charge in [0.05, 0.1) is 0 Å². The summed E-state index contributed by atoms with van der Waals surface area (Å²) in [7, 11) is 2.23. The molecule has 0 radical (unpaired) electrons. The molecular formula is C14H31N3. The first-order valence-electron chi connectivity index (χ1n) is 7.13. The van der Waals surface area contributed by atoms with E-state index in [-0.39, 0.29) is 0 Å². The zero-order chi connectivity index (χ0) is 12.9. The Labute approximate surface area is 107 Å². The van der Waals surface area contributed by atoms with Crippen LogP contribution in [-0.4, -0.2) is 55.6 Å². The quantitative estimate of drug-likeness (QED) is 0.796. The molecule has 102 valence electrons. The lowest BCUT2D eigenvalue weighted by atomic mass is 9.84. The van der Waals surface area contributed by atoms with Crippen molar-refractivity contribution in [2.45, 2.75) is 46.1 Å². The minimum absolute atomic E-state index is 0.298. The van der Waals surface area contributed by atoms with Crippen LogP contribution in [0.25, 0.3) is 0 Å². The van der Waals surface area contributed by atoms with E-state index in [9.17, 15) is 0 Å². The van der Waals surface area contributed by atoms with E-state index >= 15 is 0 Å². The van der Waals surface area contributed by atoms with Crippen molar-refractivity contribution in [1.29, 1.82) is 0 Å². The molecule has 17 heavy (non-hydrogen) atoms. The van der Waals surface area contributed by atoms with Gasteiger partial charge in [-0.3, -0.25) is 4.90 Å². The summed E-state index contributed by atoms with van der Waals surface area (Å²) in [6.45, 7) is 12.6. The molecule has 0 saturated carbocycles. The molecule has 0 aromatic heterocycles. The Morgan fingerprint density at radius 3 is 2.65 bits per heavy atom. The van der Waals surface area contributed by atoms with Crippen molar-refractivity contribution >= 4 is 0 Å². The Balaban J connectivity index is 2.58. The Morgan fingerprint density at radius 1 is 1.35 bits per heavy atom. The van der Waals surface area contributed by atoms with Gasteiger partial charge in [-0.15, -0.1) is 0 Å². The van der Waals surface area contributed by atoms with Gasteiger partial charge >= 0.3 is 0 Å². The van der Waals surface area contributed by atoms with Gasteiger partial charge in [-0.05, 0) is 51.9 Å². The Morgan fingerprint density at radius 2 is 2.06 bits per heavy atom.